The molecule has 1 amide bonds. The Balaban J connectivity index is 2.90. The number of alkyl halides is 1. The molecule has 0 heterocycles. The highest BCUT2D eigenvalue weighted by atomic mass is 35.5. The van der Waals surface area contributed by atoms with E-state index in [0.717, 1.165) is 23.1 Å². The van der Waals surface area contributed by atoms with Crippen LogP contribution in [0, 0.1) is 13.8 Å². The Hall–Kier alpha value is -1.02. The molecule has 94 valence electrons. The van der Waals surface area contributed by atoms with Gasteiger partial charge in [0.25, 0.3) is 5.91 Å². The van der Waals surface area contributed by atoms with Gasteiger partial charge in [0.15, 0.2) is 0 Å². The highest BCUT2D eigenvalue weighted by Gasteiger charge is 2.24. The predicted octanol–water partition coefficient (Wildman–Crippen LogP) is 3.44. The van der Waals surface area contributed by atoms with Crippen molar-refractivity contribution in [1.82, 2.24) is 5.32 Å². The minimum Gasteiger partial charge on any atom is -0.346 e. The third-order valence-corrected chi connectivity index (χ3v) is 3.71. The summed E-state index contributed by atoms with van der Waals surface area (Å²) in [4.78, 5) is 12.1. The normalized spacial score (nSPS) is 14.2. The van der Waals surface area contributed by atoms with Gasteiger partial charge < -0.3 is 5.32 Å². The van der Waals surface area contributed by atoms with E-state index in [1.165, 1.54) is 0 Å². The summed E-state index contributed by atoms with van der Waals surface area (Å²) in [5.74, 6) is 0.368. The second-order valence-electron chi connectivity index (χ2n) is 4.82. The Morgan fingerprint density at radius 2 is 2.06 bits per heavy atom. The van der Waals surface area contributed by atoms with Crippen LogP contribution in [0.1, 0.15) is 41.8 Å². The number of hydrogen-bond donors (Lipinski definition) is 1. The van der Waals surface area contributed by atoms with E-state index in [0.29, 0.717) is 5.88 Å². The molecule has 0 radical (unpaired) electrons. The van der Waals surface area contributed by atoms with Crippen molar-refractivity contribution in [3.8, 4) is 0 Å². The first-order valence-electron chi connectivity index (χ1n) is 5.87. The van der Waals surface area contributed by atoms with Gasteiger partial charge in [-0.3, -0.25) is 4.79 Å². The summed E-state index contributed by atoms with van der Waals surface area (Å²) < 4.78 is 0. The summed E-state index contributed by atoms with van der Waals surface area (Å²) in [7, 11) is 0. The van der Waals surface area contributed by atoms with Crippen LogP contribution in [0.5, 0.6) is 0 Å². The Kier molecular flexibility index (Phi) is 4.58. The van der Waals surface area contributed by atoms with E-state index >= 15 is 0 Å². The first-order chi connectivity index (χ1) is 7.91. The van der Waals surface area contributed by atoms with Crippen LogP contribution in [0.15, 0.2) is 18.2 Å². The minimum atomic E-state index is -0.337. The fourth-order valence-electron chi connectivity index (χ4n) is 1.63. The van der Waals surface area contributed by atoms with Crippen LogP contribution in [0.4, 0.5) is 0 Å². The largest absolute Gasteiger partial charge is 0.346 e. The molecule has 0 saturated heterocycles. The lowest BCUT2D eigenvalue weighted by Gasteiger charge is -2.27. The lowest BCUT2D eigenvalue weighted by atomic mass is 9.99. The number of aryl methyl sites for hydroxylation is 2. The SMILES string of the molecule is CCC(C)(CCl)NC(=O)c1ccc(C)cc1C. The molecule has 1 atom stereocenters. The molecule has 0 aliphatic rings. The van der Waals surface area contributed by atoms with Crippen LogP contribution in [0.25, 0.3) is 0 Å². The molecule has 0 spiro atoms. The second-order valence-corrected chi connectivity index (χ2v) is 5.09. The summed E-state index contributed by atoms with van der Waals surface area (Å²) in [6.07, 6.45) is 0.813. The van der Waals surface area contributed by atoms with Crippen LogP contribution in [0.3, 0.4) is 0 Å². The lowest BCUT2D eigenvalue weighted by molar-refractivity contribution is 0.0912. The van der Waals surface area contributed by atoms with Crippen LogP contribution >= 0.6 is 11.6 Å². The number of nitrogens with one attached hydrogen (secondary N) is 1. The maximum absolute atomic E-state index is 12.1. The van der Waals surface area contributed by atoms with E-state index in [1.807, 2.05) is 45.9 Å². The van der Waals surface area contributed by atoms with Crippen molar-refractivity contribution in [2.75, 3.05) is 5.88 Å². The third-order valence-electron chi connectivity index (χ3n) is 3.12. The summed E-state index contributed by atoms with van der Waals surface area (Å²) in [5, 5.41) is 3.00. The molecular formula is C14H20ClNO. The van der Waals surface area contributed by atoms with E-state index in [1.54, 1.807) is 0 Å². The molecule has 17 heavy (non-hydrogen) atoms. The zero-order chi connectivity index (χ0) is 13.1. The molecule has 0 aliphatic carbocycles. The molecule has 0 bridgehead atoms. The molecule has 0 aromatic heterocycles. The molecule has 1 rings (SSSR count). The molecule has 0 aliphatic heterocycles. The maximum atomic E-state index is 12.1. The molecule has 3 heteroatoms. The maximum Gasteiger partial charge on any atom is 0.252 e. The minimum absolute atomic E-state index is 0.0486. The molecule has 1 N–H and O–H groups in total. The molecule has 1 aromatic carbocycles. The van der Waals surface area contributed by atoms with Crippen molar-refractivity contribution in [2.45, 2.75) is 39.7 Å². The van der Waals surface area contributed by atoms with Crippen molar-refractivity contribution in [3.63, 3.8) is 0 Å². The van der Waals surface area contributed by atoms with E-state index in [2.05, 4.69) is 5.32 Å². The van der Waals surface area contributed by atoms with Crippen LogP contribution in [0.2, 0.25) is 0 Å². The Morgan fingerprint density at radius 3 is 2.53 bits per heavy atom. The van der Waals surface area contributed by atoms with E-state index < -0.39 is 0 Å². The van der Waals surface area contributed by atoms with Crippen molar-refractivity contribution in [1.29, 1.82) is 0 Å². The standard InChI is InChI=1S/C14H20ClNO/c1-5-14(4,9-15)16-13(17)12-7-6-10(2)8-11(12)3/h6-8H,5,9H2,1-4H3,(H,16,17). The number of carbonyl (C=O) groups is 1. The summed E-state index contributed by atoms with van der Waals surface area (Å²) in [6, 6.07) is 5.83. The Bertz CT molecular complexity index is 411. The molecule has 2 nitrogen and oxygen atoms in total. The molecular weight excluding hydrogens is 234 g/mol. The molecule has 1 aromatic rings. The third kappa shape index (κ3) is 3.47. The quantitative estimate of drug-likeness (QED) is 0.819. The van der Waals surface area contributed by atoms with E-state index in [-0.39, 0.29) is 11.4 Å². The number of halogens is 1. The number of rotatable bonds is 4. The highest BCUT2D eigenvalue weighted by Crippen LogP contribution is 2.15. The van der Waals surface area contributed by atoms with Gasteiger partial charge in [-0.2, -0.15) is 0 Å². The summed E-state index contributed by atoms with van der Waals surface area (Å²) in [5.41, 5.74) is 2.54. The van der Waals surface area contributed by atoms with Gasteiger partial charge in [-0.15, -0.1) is 11.6 Å². The average Bonchev–Trinajstić information content (AvgIpc) is 2.28. The van der Waals surface area contributed by atoms with Gasteiger partial charge in [-0.25, -0.2) is 0 Å². The topological polar surface area (TPSA) is 29.1 Å². The number of hydrogen-bond acceptors (Lipinski definition) is 1. The van der Waals surface area contributed by atoms with Gasteiger partial charge in [0, 0.05) is 11.4 Å². The van der Waals surface area contributed by atoms with E-state index in [9.17, 15) is 4.79 Å². The Labute approximate surface area is 108 Å². The fourth-order valence-corrected chi connectivity index (χ4v) is 1.88. The highest BCUT2D eigenvalue weighted by molar-refractivity contribution is 6.18. The fraction of sp³-hybridized carbons (Fsp3) is 0.500. The van der Waals surface area contributed by atoms with Gasteiger partial charge >= 0.3 is 0 Å². The molecule has 0 saturated carbocycles. The van der Waals surface area contributed by atoms with Gasteiger partial charge in [0.05, 0.1) is 5.54 Å². The summed E-state index contributed by atoms with van der Waals surface area (Å²) in [6.45, 7) is 7.95. The molecule has 1 unspecified atom stereocenters. The zero-order valence-corrected chi connectivity index (χ0v) is 11.7. The van der Waals surface area contributed by atoms with Crippen LogP contribution in [-0.4, -0.2) is 17.3 Å². The van der Waals surface area contributed by atoms with Gasteiger partial charge in [-0.05, 0) is 38.8 Å². The zero-order valence-electron chi connectivity index (χ0n) is 10.9. The van der Waals surface area contributed by atoms with Gasteiger partial charge in [0.2, 0.25) is 0 Å². The first kappa shape index (κ1) is 14.0. The summed E-state index contributed by atoms with van der Waals surface area (Å²) >= 11 is 5.89. The average molecular weight is 254 g/mol. The first-order valence-corrected chi connectivity index (χ1v) is 6.41. The van der Waals surface area contributed by atoms with Gasteiger partial charge in [-0.1, -0.05) is 24.6 Å². The predicted molar refractivity (Wildman–Crippen MR) is 72.8 cm³/mol. The number of benzene rings is 1. The number of amides is 1. The smallest absolute Gasteiger partial charge is 0.252 e. The van der Waals surface area contributed by atoms with Gasteiger partial charge in [0.1, 0.15) is 0 Å². The number of carbonyl (C=O) groups excluding carboxylic acids is 1. The van der Waals surface area contributed by atoms with E-state index in [4.69, 9.17) is 11.6 Å². The van der Waals surface area contributed by atoms with Crippen molar-refractivity contribution < 1.29 is 4.79 Å². The van der Waals surface area contributed by atoms with Crippen LogP contribution in [-0.2, 0) is 0 Å². The van der Waals surface area contributed by atoms with Crippen LogP contribution < -0.4 is 5.32 Å². The second kappa shape index (κ2) is 5.54. The Morgan fingerprint density at radius 1 is 1.41 bits per heavy atom. The monoisotopic (exact) mass is 253 g/mol. The molecule has 0 fully saturated rings. The van der Waals surface area contributed by atoms with Crippen molar-refractivity contribution in [3.05, 3.63) is 34.9 Å². The lowest BCUT2D eigenvalue weighted by Crippen LogP contribution is -2.47. The van der Waals surface area contributed by atoms with Crippen molar-refractivity contribution in [2.24, 2.45) is 0 Å². The van der Waals surface area contributed by atoms with Crippen molar-refractivity contribution >= 4 is 17.5 Å².